The van der Waals surface area contributed by atoms with Crippen LogP contribution in [0, 0.1) is 18.2 Å². The van der Waals surface area contributed by atoms with Crippen LogP contribution < -0.4 is 20.7 Å². The summed E-state index contributed by atoms with van der Waals surface area (Å²) in [5, 5.41) is 8.76. The first-order valence-corrected chi connectivity index (χ1v) is 12.0. The highest BCUT2D eigenvalue weighted by molar-refractivity contribution is 5.94. The molecule has 5 rings (SSSR count). The zero-order valence-electron chi connectivity index (χ0n) is 21.7. The summed E-state index contributed by atoms with van der Waals surface area (Å²) < 4.78 is 29.7. The van der Waals surface area contributed by atoms with Crippen LogP contribution in [0.3, 0.4) is 0 Å². The van der Waals surface area contributed by atoms with Gasteiger partial charge in [-0.2, -0.15) is 0 Å². The quantitative estimate of drug-likeness (QED) is 0.353. The van der Waals surface area contributed by atoms with Crippen molar-refractivity contribution in [3.63, 3.8) is 0 Å². The Kier molecular flexibility index (Phi) is 6.59. The number of fused-ring (bicyclic) bond motifs is 1. The maximum absolute atomic E-state index is 13.9. The minimum atomic E-state index is -0.325. The molecular weight excluding hydrogens is 485 g/mol. The third-order valence-corrected chi connectivity index (χ3v) is 6.66. The summed E-state index contributed by atoms with van der Waals surface area (Å²) >= 11 is 0. The van der Waals surface area contributed by atoms with E-state index >= 15 is 0 Å². The molecule has 38 heavy (non-hydrogen) atoms. The third kappa shape index (κ3) is 4.70. The summed E-state index contributed by atoms with van der Waals surface area (Å²) in [6, 6.07) is 13.9. The van der Waals surface area contributed by atoms with Crippen LogP contribution in [0.1, 0.15) is 16.7 Å². The number of halogens is 1. The molecule has 0 radical (unpaired) electrons. The molecule has 3 aromatic carbocycles. The Bertz CT molecular complexity index is 1760. The van der Waals surface area contributed by atoms with Gasteiger partial charge >= 0.3 is 0 Å². The number of nitrogens with zero attached hydrogens (tertiary/aromatic N) is 4. The first-order chi connectivity index (χ1) is 18.3. The Morgan fingerprint density at radius 1 is 0.895 bits per heavy atom. The van der Waals surface area contributed by atoms with Crippen molar-refractivity contribution >= 4 is 10.9 Å². The maximum Gasteiger partial charge on any atom is 0.261 e. The summed E-state index contributed by atoms with van der Waals surface area (Å²) in [7, 11) is 4.97. The lowest BCUT2D eigenvalue weighted by Crippen LogP contribution is -2.23. The molecule has 2 heterocycles. The summed E-state index contributed by atoms with van der Waals surface area (Å²) in [5.74, 6) is 0.932. The highest BCUT2D eigenvalue weighted by atomic mass is 19.1. The smallest absolute Gasteiger partial charge is 0.261 e. The number of aryl methyl sites for hydroxylation is 2. The molecule has 0 unspecified atom stereocenters. The van der Waals surface area contributed by atoms with E-state index in [1.807, 2.05) is 50.6 Å². The van der Waals surface area contributed by atoms with Gasteiger partial charge in [0, 0.05) is 31.1 Å². The number of hydrogen-bond donors (Lipinski definition) is 1. The number of imidazole rings is 1. The van der Waals surface area contributed by atoms with Gasteiger partial charge in [-0.1, -0.05) is 6.07 Å². The highest BCUT2D eigenvalue weighted by Gasteiger charge is 2.15. The van der Waals surface area contributed by atoms with E-state index in [2.05, 4.69) is 0 Å². The molecule has 8 nitrogen and oxygen atoms in total. The van der Waals surface area contributed by atoms with Crippen LogP contribution in [0.15, 0.2) is 72.0 Å². The van der Waals surface area contributed by atoms with E-state index in [0.29, 0.717) is 34.6 Å². The lowest BCUT2D eigenvalue weighted by molar-refractivity contribution is 0.393. The molecule has 0 bridgehead atoms. The largest absolute Gasteiger partial charge is 0.497 e. The normalized spacial score (nSPS) is 11.2. The molecule has 0 fully saturated rings. The van der Waals surface area contributed by atoms with Crippen molar-refractivity contribution in [3.8, 4) is 22.6 Å². The molecule has 194 valence electrons. The first kappa shape index (κ1) is 25.0. The summed E-state index contributed by atoms with van der Waals surface area (Å²) in [6.45, 7) is 2.50. The van der Waals surface area contributed by atoms with Gasteiger partial charge in [-0.05, 0) is 65.6 Å². The topological polar surface area (TPSA) is 87.1 Å². The maximum atomic E-state index is 13.9. The SMILES string of the molecule is COc1cc(Cn2cnc3c(-c4ccc(F)cc4C)cc(Cn4ccn(C)c4=N)cc3c2=O)cc(OC)c1. The second kappa shape index (κ2) is 10.0. The predicted molar refractivity (Wildman–Crippen MR) is 143 cm³/mol. The molecule has 0 atom stereocenters. The minimum absolute atomic E-state index is 0.205. The standard InChI is InChI=1S/C29H28FN5O3/c1-18-9-21(30)5-6-24(18)25-12-20(15-34-8-7-33(2)29(34)31)13-26-27(25)32-17-35(28(26)36)16-19-10-22(37-3)14-23(11-19)38-4/h5-14,17,31H,15-16H2,1-4H3. The summed E-state index contributed by atoms with van der Waals surface area (Å²) in [6.07, 6.45) is 5.17. The van der Waals surface area contributed by atoms with Gasteiger partial charge in [-0.3, -0.25) is 14.8 Å². The molecular formula is C29H28FN5O3. The number of rotatable bonds is 7. The molecule has 0 aliphatic carbocycles. The van der Waals surface area contributed by atoms with Gasteiger partial charge in [-0.25, -0.2) is 9.37 Å². The molecule has 0 saturated heterocycles. The van der Waals surface area contributed by atoms with Crippen molar-refractivity contribution in [2.45, 2.75) is 20.0 Å². The first-order valence-electron chi connectivity index (χ1n) is 12.0. The fourth-order valence-electron chi connectivity index (χ4n) is 4.67. The Morgan fingerprint density at radius 3 is 2.21 bits per heavy atom. The van der Waals surface area contributed by atoms with Crippen molar-refractivity contribution in [1.82, 2.24) is 18.7 Å². The van der Waals surface area contributed by atoms with Crippen molar-refractivity contribution < 1.29 is 13.9 Å². The van der Waals surface area contributed by atoms with E-state index in [-0.39, 0.29) is 17.9 Å². The Hall–Kier alpha value is -4.66. The lowest BCUT2D eigenvalue weighted by atomic mass is 9.96. The van der Waals surface area contributed by atoms with Crippen molar-refractivity contribution in [2.75, 3.05) is 14.2 Å². The number of methoxy groups -OCH3 is 2. The Labute approximate surface area is 218 Å². The van der Waals surface area contributed by atoms with Gasteiger partial charge in [0.15, 0.2) is 0 Å². The van der Waals surface area contributed by atoms with Gasteiger partial charge < -0.3 is 18.6 Å². The van der Waals surface area contributed by atoms with Gasteiger partial charge in [0.25, 0.3) is 5.56 Å². The second-order valence-electron chi connectivity index (χ2n) is 9.26. The lowest BCUT2D eigenvalue weighted by Gasteiger charge is -2.15. The number of aromatic nitrogens is 4. The zero-order valence-corrected chi connectivity index (χ0v) is 21.7. The summed E-state index contributed by atoms with van der Waals surface area (Å²) in [4.78, 5) is 18.5. The van der Waals surface area contributed by atoms with E-state index in [4.69, 9.17) is 19.9 Å². The van der Waals surface area contributed by atoms with Gasteiger partial charge in [0.2, 0.25) is 5.62 Å². The minimum Gasteiger partial charge on any atom is -0.497 e. The van der Waals surface area contributed by atoms with Crippen LogP contribution in [-0.2, 0) is 20.1 Å². The predicted octanol–water partition coefficient (Wildman–Crippen LogP) is 4.24. The molecule has 0 aliphatic heterocycles. The van der Waals surface area contributed by atoms with E-state index in [0.717, 1.165) is 27.8 Å². The Morgan fingerprint density at radius 2 is 1.58 bits per heavy atom. The van der Waals surface area contributed by atoms with E-state index in [9.17, 15) is 9.18 Å². The van der Waals surface area contributed by atoms with Crippen LogP contribution in [0.4, 0.5) is 4.39 Å². The number of ether oxygens (including phenoxy) is 2. The van der Waals surface area contributed by atoms with Crippen molar-refractivity contribution in [1.29, 1.82) is 5.41 Å². The molecule has 9 heteroatoms. The molecule has 0 spiro atoms. The van der Waals surface area contributed by atoms with Gasteiger partial charge in [0.05, 0.1) is 44.5 Å². The average Bonchev–Trinajstić information content (AvgIpc) is 3.22. The van der Waals surface area contributed by atoms with Gasteiger partial charge in [-0.15, -0.1) is 0 Å². The average molecular weight is 514 g/mol. The third-order valence-electron chi connectivity index (χ3n) is 6.66. The van der Waals surface area contributed by atoms with Crippen LogP contribution >= 0.6 is 0 Å². The molecule has 0 amide bonds. The van der Waals surface area contributed by atoms with Crippen molar-refractivity contribution in [2.24, 2.45) is 7.05 Å². The molecule has 0 aliphatic rings. The fourth-order valence-corrected chi connectivity index (χ4v) is 4.67. The van der Waals surface area contributed by atoms with E-state index in [1.165, 1.54) is 18.5 Å². The number of hydrogen-bond acceptors (Lipinski definition) is 5. The van der Waals surface area contributed by atoms with Gasteiger partial charge in [0.1, 0.15) is 17.3 Å². The van der Waals surface area contributed by atoms with Crippen LogP contribution in [0.2, 0.25) is 0 Å². The van der Waals surface area contributed by atoms with E-state index in [1.54, 1.807) is 40.1 Å². The van der Waals surface area contributed by atoms with Crippen molar-refractivity contribution in [3.05, 3.63) is 106 Å². The van der Waals surface area contributed by atoms with Crippen LogP contribution in [0.25, 0.3) is 22.0 Å². The molecule has 5 aromatic rings. The second-order valence-corrected chi connectivity index (χ2v) is 9.26. The molecule has 0 saturated carbocycles. The van der Waals surface area contributed by atoms with Crippen LogP contribution in [-0.4, -0.2) is 32.9 Å². The fraction of sp³-hybridized carbons (Fsp3) is 0.207. The molecule has 2 aromatic heterocycles. The summed E-state index contributed by atoms with van der Waals surface area (Å²) in [5.41, 5.74) is 4.61. The molecule has 1 N–H and O–H groups in total. The number of nitrogens with one attached hydrogen (secondary N) is 1. The number of benzene rings is 3. The van der Waals surface area contributed by atoms with Crippen LogP contribution in [0.5, 0.6) is 11.5 Å². The monoisotopic (exact) mass is 513 g/mol. The zero-order chi connectivity index (χ0) is 27.0. The van der Waals surface area contributed by atoms with E-state index < -0.39 is 0 Å². The Balaban J connectivity index is 1.68. The highest BCUT2D eigenvalue weighted by Crippen LogP contribution is 2.31.